The second kappa shape index (κ2) is 13.9. The second-order valence-electron chi connectivity index (χ2n) is 8.62. The van der Waals surface area contributed by atoms with Gasteiger partial charge in [0.25, 0.3) is 0 Å². The number of nitrogens with zero attached hydrogens (tertiary/aromatic N) is 2. The maximum Gasteiger partial charge on any atom is 0.0283 e. The molecule has 0 radical (unpaired) electrons. The topological polar surface area (TPSA) is 6.48 Å². The molecule has 2 rings (SSSR count). The number of hydrogen-bond donors (Lipinski definition) is 0. The van der Waals surface area contributed by atoms with E-state index in [9.17, 15) is 0 Å². The highest BCUT2D eigenvalue weighted by Crippen LogP contribution is 2.25. The fourth-order valence-corrected chi connectivity index (χ4v) is 4.67. The molecule has 0 bridgehead atoms. The van der Waals surface area contributed by atoms with Crippen molar-refractivity contribution in [1.29, 1.82) is 0 Å². The van der Waals surface area contributed by atoms with Crippen molar-refractivity contribution >= 4 is 0 Å². The predicted molar refractivity (Wildman–Crippen MR) is 121 cm³/mol. The quantitative estimate of drug-likeness (QED) is 0.263. The molecule has 2 aliphatic rings. The Morgan fingerprint density at radius 1 is 0.926 bits per heavy atom. The summed E-state index contributed by atoms with van der Waals surface area (Å²) < 4.78 is 0. The van der Waals surface area contributed by atoms with Crippen LogP contribution in [0.15, 0.2) is 23.9 Å². The fraction of sp³-hybridized carbons (Fsp3) is 0.760. The Hall–Kier alpha value is -1.20. The summed E-state index contributed by atoms with van der Waals surface area (Å²) in [4.78, 5) is 5.06. The zero-order valence-electron chi connectivity index (χ0n) is 18.4. The van der Waals surface area contributed by atoms with Crippen molar-refractivity contribution in [3.8, 4) is 12.8 Å². The van der Waals surface area contributed by atoms with Gasteiger partial charge in [-0.15, -0.1) is 12.8 Å². The van der Waals surface area contributed by atoms with Gasteiger partial charge in [0.1, 0.15) is 0 Å². The summed E-state index contributed by atoms with van der Waals surface area (Å²) >= 11 is 0. The molecule has 2 nitrogen and oxygen atoms in total. The minimum Gasteiger partial charge on any atom is -0.375 e. The molecule has 0 spiro atoms. The Kier molecular flexibility index (Phi) is 12.3. The molecule has 0 atom stereocenters. The van der Waals surface area contributed by atoms with Crippen molar-refractivity contribution in [3.05, 3.63) is 23.9 Å². The van der Waals surface area contributed by atoms with Crippen molar-refractivity contribution in [2.75, 3.05) is 20.6 Å². The van der Waals surface area contributed by atoms with Gasteiger partial charge in [-0.05, 0) is 58.9 Å². The standard InChI is InChI=1S/C23H42N2.C2H2/c1-20(19-24(3)22-15-7-5-8-16-22)13-11-12-14-21(2)25(4)23-17-9-6-10-18-23;1-2/h13,22-23H,2,5-12,14-19H2,1,3-4H3;1-2H/b20-13+;. The van der Waals surface area contributed by atoms with Crippen molar-refractivity contribution in [3.63, 3.8) is 0 Å². The number of allylic oxidation sites excluding steroid dienone is 2. The summed E-state index contributed by atoms with van der Waals surface area (Å²) in [5, 5.41) is 0. The maximum absolute atomic E-state index is 4.35. The van der Waals surface area contributed by atoms with Gasteiger partial charge >= 0.3 is 0 Å². The van der Waals surface area contributed by atoms with Crippen LogP contribution >= 0.6 is 0 Å². The first-order chi connectivity index (χ1) is 13.1. The molecule has 2 aliphatic carbocycles. The van der Waals surface area contributed by atoms with Gasteiger partial charge < -0.3 is 4.90 Å². The molecule has 0 aliphatic heterocycles. The van der Waals surface area contributed by atoms with E-state index in [1.807, 2.05) is 0 Å². The minimum absolute atomic E-state index is 0.752. The molecule has 0 heterocycles. The van der Waals surface area contributed by atoms with E-state index in [0.717, 1.165) is 25.0 Å². The smallest absolute Gasteiger partial charge is 0.0283 e. The van der Waals surface area contributed by atoms with Gasteiger partial charge in [0, 0.05) is 31.4 Å². The molecule has 0 N–H and O–H groups in total. The molecule has 0 saturated heterocycles. The number of unbranched alkanes of at least 4 members (excludes halogenated alkanes) is 1. The SMILES string of the molecule is C#C.C=C(CCC/C=C(\C)CN(C)C1CCCCC1)N(C)C1CCCCC1. The Bertz CT molecular complexity index is 450. The Morgan fingerprint density at radius 2 is 1.44 bits per heavy atom. The summed E-state index contributed by atoms with van der Waals surface area (Å²) in [6.45, 7) is 7.81. The van der Waals surface area contributed by atoms with E-state index in [2.05, 4.69) is 56.3 Å². The van der Waals surface area contributed by atoms with Gasteiger partial charge in [-0.3, -0.25) is 4.90 Å². The molecule has 2 saturated carbocycles. The molecule has 2 heteroatoms. The van der Waals surface area contributed by atoms with Gasteiger partial charge in [-0.25, -0.2) is 0 Å². The van der Waals surface area contributed by atoms with E-state index in [4.69, 9.17) is 0 Å². The van der Waals surface area contributed by atoms with Crippen molar-refractivity contribution in [2.45, 2.75) is 102 Å². The molecule has 0 aromatic rings. The van der Waals surface area contributed by atoms with E-state index in [0.29, 0.717) is 0 Å². The van der Waals surface area contributed by atoms with Gasteiger partial charge in [-0.1, -0.05) is 56.8 Å². The molecule has 0 unspecified atom stereocenters. The first-order valence-electron chi connectivity index (χ1n) is 11.2. The van der Waals surface area contributed by atoms with E-state index in [1.165, 1.54) is 82.7 Å². The van der Waals surface area contributed by atoms with Crippen LogP contribution in [0.1, 0.15) is 90.4 Å². The number of rotatable bonds is 9. The van der Waals surface area contributed by atoms with Crippen LogP contribution in [0, 0.1) is 12.8 Å². The predicted octanol–water partition coefficient (Wildman–Crippen LogP) is 6.40. The molecule has 0 aromatic carbocycles. The van der Waals surface area contributed by atoms with Crippen LogP contribution < -0.4 is 0 Å². The molecular formula is C25H44N2. The van der Waals surface area contributed by atoms with Gasteiger partial charge in [0.15, 0.2) is 0 Å². The van der Waals surface area contributed by atoms with Crippen LogP contribution in [0.5, 0.6) is 0 Å². The average Bonchev–Trinajstić information content (AvgIpc) is 2.73. The van der Waals surface area contributed by atoms with E-state index in [1.54, 1.807) is 5.57 Å². The number of terminal acetylenes is 1. The normalized spacial score (nSPS) is 19.4. The van der Waals surface area contributed by atoms with E-state index < -0.39 is 0 Å². The van der Waals surface area contributed by atoms with E-state index >= 15 is 0 Å². The van der Waals surface area contributed by atoms with Crippen LogP contribution in [-0.2, 0) is 0 Å². The van der Waals surface area contributed by atoms with E-state index in [-0.39, 0.29) is 0 Å². The number of likely N-dealkylation sites (N-methyl/N-ethyl adjacent to an activating group) is 1. The van der Waals surface area contributed by atoms with Gasteiger partial charge in [0.05, 0.1) is 0 Å². The van der Waals surface area contributed by atoms with Crippen LogP contribution in [0.3, 0.4) is 0 Å². The lowest BCUT2D eigenvalue weighted by Crippen LogP contribution is -2.34. The highest BCUT2D eigenvalue weighted by atomic mass is 15.1. The minimum atomic E-state index is 0.752. The third-order valence-electron chi connectivity index (χ3n) is 6.48. The zero-order valence-corrected chi connectivity index (χ0v) is 18.4. The Balaban J connectivity index is 0.00000176. The van der Waals surface area contributed by atoms with Crippen LogP contribution in [0.4, 0.5) is 0 Å². The van der Waals surface area contributed by atoms with Crippen molar-refractivity contribution in [2.24, 2.45) is 0 Å². The highest BCUT2D eigenvalue weighted by Gasteiger charge is 2.19. The van der Waals surface area contributed by atoms with Crippen molar-refractivity contribution < 1.29 is 0 Å². The summed E-state index contributed by atoms with van der Waals surface area (Å²) in [5.41, 5.74) is 2.89. The first kappa shape index (κ1) is 23.8. The van der Waals surface area contributed by atoms with Crippen LogP contribution in [-0.4, -0.2) is 42.5 Å². The number of hydrogen-bond acceptors (Lipinski definition) is 2. The van der Waals surface area contributed by atoms with Gasteiger partial charge in [0.2, 0.25) is 0 Å². The van der Waals surface area contributed by atoms with Gasteiger partial charge in [-0.2, -0.15) is 0 Å². The Morgan fingerprint density at radius 3 is 2.00 bits per heavy atom. The Labute approximate surface area is 170 Å². The summed E-state index contributed by atoms with van der Waals surface area (Å²) in [7, 11) is 4.58. The molecule has 154 valence electrons. The fourth-order valence-electron chi connectivity index (χ4n) is 4.67. The summed E-state index contributed by atoms with van der Waals surface area (Å²) in [5.74, 6) is 0. The third kappa shape index (κ3) is 9.02. The monoisotopic (exact) mass is 372 g/mol. The average molecular weight is 373 g/mol. The van der Waals surface area contributed by atoms with Crippen LogP contribution in [0.25, 0.3) is 0 Å². The van der Waals surface area contributed by atoms with Crippen molar-refractivity contribution in [1.82, 2.24) is 9.80 Å². The molecule has 27 heavy (non-hydrogen) atoms. The molecule has 0 aromatic heterocycles. The molecular weight excluding hydrogens is 328 g/mol. The lowest BCUT2D eigenvalue weighted by atomic mass is 9.94. The largest absolute Gasteiger partial charge is 0.375 e. The molecule has 0 amide bonds. The summed E-state index contributed by atoms with van der Waals surface area (Å²) in [6, 6.07) is 1.57. The first-order valence-corrected chi connectivity index (χ1v) is 11.2. The second-order valence-corrected chi connectivity index (χ2v) is 8.62. The summed E-state index contributed by atoms with van der Waals surface area (Å²) in [6.07, 6.45) is 28.1. The maximum atomic E-state index is 4.35. The lowest BCUT2D eigenvalue weighted by molar-refractivity contribution is 0.205. The highest BCUT2D eigenvalue weighted by molar-refractivity contribution is 5.02. The lowest BCUT2D eigenvalue weighted by Gasteiger charge is -2.34. The third-order valence-corrected chi connectivity index (χ3v) is 6.48. The zero-order chi connectivity index (χ0) is 20.1. The molecule has 2 fully saturated rings. The van der Waals surface area contributed by atoms with Crippen LogP contribution in [0.2, 0.25) is 0 Å².